The third-order valence-electron chi connectivity index (χ3n) is 12.6. The standard InChI is InChI=1S/C56H67N3O9/c1-65-45-32-28-43(29-33-45)56(42-21-11-10-12-22-42,44-30-34-46(66-2)35-31-44)68-38-20-18-36-57-52(60)27-13-8-6-4-3-5-7-9-19-37-59(40-54(62)63)53(61)39-58-55(64)67-41-51-49-25-16-14-23-47(49)48-24-15-17-26-50(48)51/h10-12,14-17,21-26,28-35,51H,3-9,13,18-20,27,36-41H2,1-2H3,(H,57,60)(H,58,64)(H,62,63). The highest BCUT2D eigenvalue weighted by atomic mass is 16.5. The van der Waals surface area contributed by atoms with Gasteiger partial charge in [-0.15, -0.1) is 0 Å². The van der Waals surface area contributed by atoms with Crippen molar-refractivity contribution in [3.05, 3.63) is 155 Å². The highest BCUT2D eigenvalue weighted by molar-refractivity contribution is 5.85. The Labute approximate surface area is 401 Å². The number of carbonyl (C=O) groups excluding carboxylic acids is 3. The maximum Gasteiger partial charge on any atom is 0.407 e. The van der Waals surface area contributed by atoms with E-state index in [0.717, 1.165) is 115 Å². The van der Waals surface area contributed by atoms with Crippen molar-refractivity contribution in [1.29, 1.82) is 0 Å². The second-order valence-corrected chi connectivity index (χ2v) is 17.2. The topological polar surface area (TPSA) is 153 Å². The quantitative estimate of drug-likeness (QED) is 0.0314. The van der Waals surface area contributed by atoms with Gasteiger partial charge < -0.3 is 39.6 Å². The lowest BCUT2D eigenvalue weighted by Gasteiger charge is -2.36. The summed E-state index contributed by atoms with van der Waals surface area (Å²) in [4.78, 5) is 51.0. The van der Waals surface area contributed by atoms with Crippen molar-refractivity contribution < 1.29 is 43.2 Å². The SMILES string of the molecule is COc1ccc(C(OCCCCNC(=O)CCCCCCCCCCCN(CC(=O)O)C(=O)CNC(=O)OCC2c3ccccc3-c3ccccc32)(c2ccccc2)c2ccc(OC)cc2)cc1. The Morgan fingerprint density at radius 3 is 1.66 bits per heavy atom. The number of carboxylic acids is 1. The van der Waals surface area contributed by atoms with E-state index < -0.39 is 30.1 Å². The summed E-state index contributed by atoms with van der Waals surface area (Å²) in [5.74, 6) is -0.0541. The van der Waals surface area contributed by atoms with E-state index in [4.69, 9.17) is 18.9 Å². The maximum atomic E-state index is 12.9. The first-order valence-corrected chi connectivity index (χ1v) is 24.1. The van der Waals surface area contributed by atoms with Crippen LogP contribution in [0.3, 0.4) is 0 Å². The number of aliphatic carboxylic acids is 1. The Hall–Kier alpha value is -6.66. The minimum absolute atomic E-state index is 0.0736. The number of carbonyl (C=O) groups is 4. The second kappa shape index (κ2) is 26.6. The number of hydrogen-bond donors (Lipinski definition) is 3. The Morgan fingerprint density at radius 1 is 0.588 bits per heavy atom. The number of nitrogens with zero attached hydrogens (tertiary/aromatic N) is 1. The first kappa shape index (κ1) is 50.7. The summed E-state index contributed by atoms with van der Waals surface area (Å²) < 4.78 is 23.4. The smallest absolute Gasteiger partial charge is 0.407 e. The summed E-state index contributed by atoms with van der Waals surface area (Å²) in [5, 5.41) is 15.0. The Balaban J connectivity index is 0.809. The van der Waals surface area contributed by atoms with E-state index in [1.54, 1.807) is 14.2 Å². The van der Waals surface area contributed by atoms with Crippen LogP contribution in [0.1, 0.15) is 111 Å². The van der Waals surface area contributed by atoms with Gasteiger partial charge in [-0.05, 0) is 88.9 Å². The number of ether oxygens (including phenoxy) is 4. The third-order valence-corrected chi connectivity index (χ3v) is 12.6. The van der Waals surface area contributed by atoms with Crippen LogP contribution in [0.5, 0.6) is 11.5 Å². The molecule has 0 fully saturated rings. The van der Waals surface area contributed by atoms with Gasteiger partial charge in [0.15, 0.2) is 0 Å². The number of hydrogen-bond acceptors (Lipinski definition) is 8. The number of methoxy groups -OCH3 is 2. The van der Waals surface area contributed by atoms with E-state index in [2.05, 4.69) is 34.9 Å². The fraction of sp³-hybridized carbons (Fsp3) is 0.393. The van der Waals surface area contributed by atoms with Crippen LogP contribution in [0.25, 0.3) is 11.1 Å². The van der Waals surface area contributed by atoms with Crippen LogP contribution in [0.2, 0.25) is 0 Å². The molecular formula is C56H67N3O9. The highest BCUT2D eigenvalue weighted by Gasteiger charge is 2.38. The fourth-order valence-corrected chi connectivity index (χ4v) is 9.03. The molecule has 0 aliphatic heterocycles. The van der Waals surface area contributed by atoms with E-state index in [1.807, 2.05) is 103 Å². The lowest BCUT2D eigenvalue weighted by atomic mass is 9.80. The zero-order chi connectivity index (χ0) is 48.0. The Kier molecular flexibility index (Phi) is 19.9. The van der Waals surface area contributed by atoms with Crippen molar-refractivity contribution in [2.45, 2.75) is 88.6 Å². The van der Waals surface area contributed by atoms with Gasteiger partial charge in [-0.25, -0.2) is 4.79 Å². The maximum absolute atomic E-state index is 12.9. The number of amides is 3. The van der Waals surface area contributed by atoms with Gasteiger partial charge in [0.1, 0.15) is 36.8 Å². The predicted molar refractivity (Wildman–Crippen MR) is 264 cm³/mol. The van der Waals surface area contributed by atoms with Crippen LogP contribution in [0.4, 0.5) is 4.79 Å². The molecule has 3 amide bonds. The number of rotatable bonds is 29. The number of fused-ring (bicyclic) bond motifs is 3. The second-order valence-electron chi connectivity index (χ2n) is 17.2. The minimum Gasteiger partial charge on any atom is -0.497 e. The predicted octanol–water partition coefficient (Wildman–Crippen LogP) is 10.3. The molecule has 0 spiro atoms. The number of nitrogens with one attached hydrogen (secondary N) is 2. The van der Waals surface area contributed by atoms with Crippen LogP contribution in [0.15, 0.2) is 127 Å². The van der Waals surface area contributed by atoms with E-state index >= 15 is 0 Å². The van der Waals surface area contributed by atoms with Gasteiger partial charge in [0, 0.05) is 32.0 Å². The van der Waals surface area contributed by atoms with E-state index in [9.17, 15) is 24.3 Å². The number of carboxylic acid groups (broad SMARTS) is 1. The van der Waals surface area contributed by atoms with Crippen LogP contribution < -0.4 is 20.1 Å². The average Bonchev–Trinajstić information content (AvgIpc) is 3.69. The van der Waals surface area contributed by atoms with E-state index in [-0.39, 0.29) is 25.0 Å². The molecule has 1 aliphatic rings. The molecular weight excluding hydrogens is 859 g/mol. The Bertz CT molecular complexity index is 2260. The van der Waals surface area contributed by atoms with Crippen molar-refractivity contribution in [3.8, 4) is 22.6 Å². The molecule has 0 unspecified atom stereocenters. The van der Waals surface area contributed by atoms with Crippen molar-refractivity contribution >= 4 is 23.9 Å². The average molecular weight is 926 g/mol. The number of unbranched alkanes of at least 4 members (excludes halogenated alkanes) is 9. The molecule has 0 atom stereocenters. The molecule has 68 heavy (non-hydrogen) atoms. The molecule has 5 aromatic rings. The van der Waals surface area contributed by atoms with Crippen LogP contribution >= 0.6 is 0 Å². The van der Waals surface area contributed by atoms with E-state index in [0.29, 0.717) is 32.5 Å². The number of alkyl carbamates (subject to hydrolysis) is 1. The van der Waals surface area contributed by atoms with Gasteiger partial charge in [-0.3, -0.25) is 14.4 Å². The summed E-state index contributed by atoms with van der Waals surface area (Å²) in [6.45, 7) is 0.740. The summed E-state index contributed by atoms with van der Waals surface area (Å²) >= 11 is 0. The molecule has 12 heteroatoms. The lowest BCUT2D eigenvalue weighted by molar-refractivity contribution is -0.144. The fourth-order valence-electron chi connectivity index (χ4n) is 9.03. The lowest BCUT2D eigenvalue weighted by Crippen LogP contribution is -2.43. The van der Waals surface area contributed by atoms with Gasteiger partial charge in [0.25, 0.3) is 0 Å². The molecule has 6 rings (SSSR count). The van der Waals surface area contributed by atoms with Crippen molar-refractivity contribution in [1.82, 2.24) is 15.5 Å². The molecule has 0 aromatic heterocycles. The molecule has 1 aliphatic carbocycles. The first-order valence-electron chi connectivity index (χ1n) is 24.1. The molecule has 0 saturated heterocycles. The number of benzene rings is 5. The summed E-state index contributed by atoms with van der Waals surface area (Å²) in [6, 6.07) is 42.3. The molecule has 3 N–H and O–H groups in total. The van der Waals surface area contributed by atoms with Crippen LogP contribution in [0, 0.1) is 0 Å². The third kappa shape index (κ3) is 14.2. The van der Waals surface area contributed by atoms with Crippen molar-refractivity contribution in [2.75, 3.05) is 53.6 Å². The van der Waals surface area contributed by atoms with Gasteiger partial charge >= 0.3 is 12.1 Å². The summed E-state index contributed by atoms with van der Waals surface area (Å²) in [7, 11) is 3.31. The normalized spacial score (nSPS) is 11.9. The van der Waals surface area contributed by atoms with Crippen molar-refractivity contribution in [3.63, 3.8) is 0 Å². The minimum atomic E-state index is -1.10. The van der Waals surface area contributed by atoms with E-state index in [1.165, 1.54) is 4.90 Å². The molecule has 5 aromatic carbocycles. The van der Waals surface area contributed by atoms with Gasteiger partial charge in [0.2, 0.25) is 11.8 Å². The highest BCUT2D eigenvalue weighted by Crippen LogP contribution is 2.45. The van der Waals surface area contributed by atoms with Gasteiger partial charge in [-0.2, -0.15) is 0 Å². The molecule has 0 radical (unpaired) electrons. The molecule has 0 bridgehead atoms. The zero-order valence-corrected chi connectivity index (χ0v) is 39.6. The van der Waals surface area contributed by atoms with Crippen LogP contribution in [-0.4, -0.2) is 87.5 Å². The monoisotopic (exact) mass is 925 g/mol. The van der Waals surface area contributed by atoms with Crippen LogP contribution in [-0.2, 0) is 29.5 Å². The molecule has 360 valence electrons. The summed E-state index contributed by atoms with van der Waals surface area (Å²) in [6.07, 6.45) is 10.0. The molecule has 0 saturated carbocycles. The summed E-state index contributed by atoms with van der Waals surface area (Å²) in [5.41, 5.74) is 6.54. The zero-order valence-electron chi connectivity index (χ0n) is 39.6. The van der Waals surface area contributed by atoms with Gasteiger partial charge in [0.05, 0.1) is 14.2 Å². The molecule has 12 nitrogen and oxygen atoms in total. The van der Waals surface area contributed by atoms with Gasteiger partial charge in [-0.1, -0.05) is 148 Å². The molecule has 0 heterocycles. The Morgan fingerprint density at radius 2 is 1.10 bits per heavy atom. The van der Waals surface area contributed by atoms with Crippen molar-refractivity contribution in [2.24, 2.45) is 0 Å². The largest absolute Gasteiger partial charge is 0.497 e. The first-order chi connectivity index (χ1) is 33.2.